The molecule has 0 heterocycles. The van der Waals surface area contributed by atoms with E-state index in [0.717, 1.165) is 19.4 Å². The Morgan fingerprint density at radius 1 is 0.938 bits per heavy atom. The monoisotopic (exact) mass is 228 g/mol. The SMILES string of the molecule is CC(C)(C)CC(C)(C)NCCCC(C)(C)N. The normalized spacial score (nSPS) is 14.2. The summed E-state index contributed by atoms with van der Waals surface area (Å²) in [5.41, 5.74) is 6.53. The van der Waals surface area contributed by atoms with Crippen molar-refractivity contribution >= 4 is 0 Å². The Labute approximate surface area is 102 Å². The summed E-state index contributed by atoms with van der Waals surface area (Å²) in [6.07, 6.45) is 3.41. The lowest BCUT2D eigenvalue weighted by Crippen LogP contribution is -2.43. The van der Waals surface area contributed by atoms with Crippen LogP contribution in [-0.2, 0) is 0 Å². The van der Waals surface area contributed by atoms with Crippen LogP contribution in [0.2, 0.25) is 0 Å². The quantitative estimate of drug-likeness (QED) is 0.685. The van der Waals surface area contributed by atoms with Crippen LogP contribution in [0.5, 0.6) is 0 Å². The van der Waals surface area contributed by atoms with E-state index in [2.05, 4.69) is 53.8 Å². The molecule has 3 N–H and O–H groups in total. The van der Waals surface area contributed by atoms with E-state index in [0.29, 0.717) is 5.41 Å². The van der Waals surface area contributed by atoms with Crippen molar-refractivity contribution in [2.75, 3.05) is 6.54 Å². The molecule has 0 radical (unpaired) electrons. The van der Waals surface area contributed by atoms with Crippen molar-refractivity contribution in [3.8, 4) is 0 Å². The van der Waals surface area contributed by atoms with Gasteiger partial charge in [0.1, 0.15) is 0 Å². The van der Waals surface area contributed by atoms with E-state index in [1.165, 1.54) is 6.42 Å². The van der Waals surface area contributed by atoms with Crippen molar-refractivity contribution in [1.29, 1.82) is 0 Å². The van der Waals surface area contributed by atoms with Gasteiger partial charge in [-0.25, -0.2) is 0 Å². The van der Waals surface area contributed by atoms with E-state index >= 15 is 0 Å². The number of hydrogen-bond donors (Lipinski definition) is 2. The molecule has 0 atom stereocenters. The summed E-state index contributed by atoms with van der Waals surface area (Å²) in [4.78, 5) is 0. The molecule has 0 aliphatic heterocycles. The van der Waals surface area contributed by atoms with Crippen LogP contribution in [0.4, 0.5) is 0 Å². The van der Waals surface area contributed by atoms with Gasteiger partial charge in [-0.3, -0.25) is 0 Å². The van der Waals surface area contributed by atoms with Crippen LogP contribution in [0.3, 0.4) is 0 Å². The van der Waals surface area contributed by atoms with E-state index in [-0.39, 0.29) is 11.1 Å². The Bertz CT molecular complexity index is 194. The second-order valence-electron chi connectivity index (χ2n) is 7.64. The van der Waals surface area contributed by atoms with E-state index in [9.17, 15) is 0 Å². The van der Waals surface area contributed by atoms with Gasteiger partial charge in [-0.05, 0) is 58.9 Å². The summed E-state index contributed by atoms with van der Waals surface area (Å²) in [6.45, 7) is 16.7. The summed E-state index contributed by atoms with van der Waals surface area (Å²) in [7, 11) is 0. The first-order chi connectivity index (χ1) is 6.91. The Morgan fingerprint density at radius 3 is 1.81 bits per heavy atom. The zero-order valence-corrected chi connectivity index (χ0v) is 12.4. The van der Waals surface area contributed by atoms with Gasteiger partial charge < -0.3 is 11.1 Å². The minimum Gasteiger partial charge on any atom is -0.326 e. The highest BCUT2D eigenvalue weighted by molar-refractivity contribution is 4.83. The van der Waals surface area contributed by atoms with Crippen molar-refractivity contribution < 1.29 is 0 Å². The van der Waals surface area contributed by atoms with Crippen molar-refractivity contribution in [2.24, 2.45) is 11.1 Å². The number of rotatable bonds is 6. The molecular formula is C14H32N2. The smallest absolute Gasteiger partial charge is 0.0130 e. The third-order valence-electron chi connectivity index (χ3n) is 2.57. The van der Waals surface area contributed by atoms with Crippen LogP contribution < -0.4 is 11.1 Å². The molecule has 98 valence electrons. The van der Waals surface area contributed by atoms with Crippen molar-refractivity contribution in [1.82, 2.24) is 5.32 Å². The fourth-order valence-corrected chi connectivity index (χ4v) is 2.36. The highest BCUT2D eigenvalue weighted by Gasteiger charge is 2.24. The first-order valence-electron chi connectivity index (χ1n) is 6.45. The standard InChI is InChI=1S/C14H32N2/c1-12(2,3)11-14(6,7)16-10-8-9-13(4,5)15/h16H,8-11,15H2,1-7H3. The Kier molecular flexibility index (Phi) is 5.48. The third-order valence-corrected chi connectivity index (χ3v) is 2.57. The topological polar surface area (TPSA) is 38.0 Å². The number of hydrogen-bond acceptors (Lipinski definition) is 2. The maximum atomic E-state index is 5.96. The zero-order valence-electron chi connectivity index (χ0n) is 12.4. The Hall–Kier alpha value is -0.0800. The molecule has 0 saturated carbocycles. The molecule has 2 heteroatoms. The third kappa shape index (κ3) is 10.4. The summed E-state index contributed by atoms with van der Waals surface area (Å²) < 4.78 is 0. The molecular weight excluding hydrogens is 196 g/mol. The molecule has 0 spiro atoms. The average Bonchev–Trinajstić information content (AvgIpc) is 1.91. The van der Waals surface area contributed by atoms with E-state index < -0.39 is 0 Å². The fraction of sp³-hybridized carbons (Fsp3) is 1.00. The Balaban J connectivity index is 3.83. The van der Waals surface area contributed by atoms with Crippen LogP contribution in [-0.4, -0.2) is 17.6 Å². The van der Waals surface area contributed by atoms with Gasteiger partial charge in [-0.15, -0.1) is 0 Å². The molecule has 0 aromatic heterocycles. The molecule has 0 rings (SSSR count). The molecule has 0 saturated heterocycles. The lowest BCUT2D eigenvalue weighted by atomic mass is 9.81. The zero-order chi connectivity index (χ0) is 13.0. The molecule has 0 aromatic carbocycles. The van der Waals surface area contributed by atoms with Gasteiger partial charge >= 0.3 is 0 Å². The lowest BCUT2D eigenvalue weighted by molar-refractivity contribution is 0.240. The van der Waals surface area contributed by atoms with Crippen LogP contribution >= 0.6 is 0 Å². The summed E-state index contributed by atoms with van der Waals surface area (Å²) in [5, 5.41) is 3.63. The lowest BCUT2D eigenvalue weighted by Gasteiger charge is -2.34. The minimum absolute atomic E-state index is 0.0319. The first-order valence-corrected chi connectivity index (χ1v) is 6.45. The van der Waals surface area contributed by atoms with E-state index in [1.54, 1.807) is 0 Å². The molecule has 0 bridgehead atoms. The number of nitrogens with two attached hydrogens (primary N) is 1. The van der Waals surface area contributed by atoms with Crippen LogP contribution in [0.15, 0.2) is 0 Å². The molecule has 0 amide bonds. The van der Waals surface area contributed by atoms with Gasteiger partial charge in [0, 0.05) is 11.1 Å². The largest absolute Gasteiger partial charge is 0.326 e. The molecule has 0 aliphatic carbocycles. The van der Waals surface area contributed by atoms with Gasteiger partial charge in [-0.2, -0.15) is 0 Å². The predicted octanol–water partition coefficient (Wildman–Crippen LogP) is 3.31. The van der Waals surface area contributed by atoms with Crippen LogP contribution in [0.1, 0.15) is 67.7 Å². The molecule has 2 nitrogen and oxygen atoms in total. The van der Waals surface area contributed by atoms with Gasteiger partial charge in [0.05, 0.1) is 0 Å². The summed E-state index contributed by atoms with van der Waals surface area (Å²) in [5.74, 6) is 0. The summed E-state index contributed by atoms with van der Waals surface area (Å²) in [6, 6.07) is 0. The van der Waals surface area contributed by atoms with Gasteiger partial charge in [0.15, 0.2) is 0 Å². The minimum atomic E-state index is -0.0319. The second kappa shape index (κ2) is 5.50. The van der Waals surface area contributed by atoms with E-state index in [1.807, 2.05) is 0 Å². The van der Waals surface area contributed by atoms with Crippen LogP contribution in [0, 0.1) is 5.41 Å². The Morgan fingerprint density at radius 2 is 1.44 bits per heavy atom. The van der Waals surface area contributed by atoms with Crippen molar-refractivity contribution in [3.63, 3.8) is 0 Å². The molecule has 0 fully saturated rings. The maximum absolute atomic E-state index is 5.96. The molecule has 0 aliphatic rings. The van der Waals surface area contributed by atoms with E-state index in [4.69, 9.17) is 5.73 Å². The maximum Gasteiger partial charge on any atom is 0.0130 e. The van der Waals surface area contributed by atoms with Gasteiger partial charge in [0.25, 0.3) is 0 Å². The van der Waals surface area contributed by atoms with Gasteiger partial charge in [-0.1, -0.05) is 20.8 Å². The van der Waals surface area contributed by atoms with Crippen LogP contribution in [0.25, 0.3) is 0 Å². The average molecular weight is 228 g/mol. The highest BCUT2D eigenvalue weighted by Crippen LogP contribution is 2.26. The highest BCUT2D eigenvalue weighted by atomic mass is 14.9. The molecule has 0 unspecified atom stereocenters. The number of nitrogens with one attached hydrogen (secondary N) is 1. The summed E-state index contributed by atoms with van der Waals surface area (Å²) >= 11 is 0. The predicted molar refractivity (Wildman–Crippen MR) is 73.7 cm³/mol. The first kappa shape index (κ1) is 15.9. The van der Waals surface area contributed by atoms with Gasteiger partial charge in [0.2, 0.25) is 0 Å². The second-order valence-corrected chi connectivity index (χ2v) is 7.64. The van der Waals surface area contributed by atoms with Crippen molar-refractivity contribution in [2.45, 2.75) is 78.8 Å². The molecule has 0 aromatic rings. The molecule has 16 heavy (non-hydrogen) atoms. The fourth-order valence-electron chi connectivity index (χ4n) is 2.36. The van der Waals surface area contributed by atoms with Crippen molar-refractivity contribution in [3.05, 3.63) is 0 Å².